The van der Waals surface area contributed by atoms with Gasteiger partial charge in [0.05, 0.1) is 29.5 Å². The minimum Gasteiger partial charge on any atom is -0.379 e. The fourth-order valence-electron chi connectivity index (χ4n) is 3.89. The van der Waals surface area contributed by atoms with Crippen LogP contribution in [-0.2, 0) is 21.3 Å². The van der Waals surface area contributed by atoms with E-state index in [1.807, 2.05) is 17.5 Å². The third-order valence-corrected chi connectivity index (χ3v) is 8.64. The number of morpholine rings is 1. The first kappa shape index (κ1) is 23.0. The second-order valence-corrected chi connectivity index (χ2v) is 11.1. The summed E-state index contributed by atoms with van der Waals surface area (Å²) in [4.78, 5) is 26.5. The number of carbonyl (C=O) groups is 1. The summed E-state index contributed by atoms with van der Waals surface area (Å²) in [7, 11) is -3.61. The quantitative estimate of drug-likeness (QED) is 0.499. The number of sulfonamides is 1. The number of hydrogen-bond acceptors (Lipinski definition) is 7. The Morgan fingerprint density at radius 2 is 1.88 bits per heavy atom. The maximum Gasteiger partial charge on any atom is 0.346 e. The highest BCUT2D eigenvalue weighted by Crippen LogP contribution is 2.37. The number of benzene rings is 1. The summed E-state index contributed by atoms with van der Waals surface area (Å²) in [5.41, 5.74) is 0.175. The van der Waals surface area contributed by atoms with Gasteiger partial charge in [-0.3, -0.25) is 9.36 Å². The summed E-state index contributed by atoms with van der Waals surface area (Å²) in [6, 6.07) is 9.93. The van der Waals surface area contributed by atoms with Gasteiger partial charge < -0.3 is 10.1 Å². The van der Waals surface area contributed by atoms with Gasteiger partial charge in [0.15, 0.2) is 5.82 Å². The van der Waals surface area contributed by atoms with E-state index in [1.165, 1.54) is 44.6 Å². The molecule has 2 aromatic heterocycles. The van der Waals surface area contributed by atoms with Gasteiger partial charge in [-0.1, -0.05) is 6.07 Å². The van der Waals surface area contributed by atoms with Crippen LogP contribution in [0.1, 0.15) is 29.2 Å². The molecular formula is C22H25N5O5S2. The van der Waals surface area contributed by atoms with E-state index in [-0.39, 0.29) is 35.6 Å². The smallest absolute Gasteiger partial charge is 0.346 e. The predicted octanol–water partition coefficient (Wildman–Crippen LogP) is 1.56. The summed E-state index contributed by atoms with van der Waals surface area (Å²) in [5.74, 6) is 0.328. The molecule has 10 nitrogen and oxygen atoms in total. The minimum atomic E-state index is -3.61. The zero-order valence-electron chi connectivity index (χ0n) is 18.4. The molecule has 0 atom stereocenters. The van der Waals surface area contributed by atoms with Crippen molar-refractivity contribution in [2.75, 3.05) is 32.8 Å². The largest absolute Gasteiger partial charge is 0.379 e. The molecule has 1 amide bonds. The van der Waals surface area contributed by atoms with Crippen LogP contribution in [-0.4, -0.2) is 65.8 Å². The highest BCUT2D eigenvalue weighted by molar-refractivity contribution is 7.89. The van der Waals surface area contributed by atoms with Crippen LogP contribution < -0.4 is 11.0 Å². The van der Waals surface area contributed by atoms with Crippen LogP contribution in [0.5, 0.6) is 0 Å². The summed E-state index contributed by atoms with van der Waals surface area (Å²) in [6.07, 6.45) is 1.94. The number of nitrogens with one attached hydrogen (secondary N) is 1. The Kier molecular flexibility index (Phi) is 6.38. The number of rotatable bonds is 8. The topological polar surface area (TPSA) is 116 Å². The van der Waals surface area contributed by atoms with Crippen LogP contribution >= 0.6 is 11.3 Å². The van der Waals surface area contributed by atoms with Crippen LogP contribution in [0, 0.1) is 0 Å². The van der Waals surface area contributed by atoms with Gasteiger partial charge in [0.25, 0.3) is 5.91 Å². The van der Waals surface area contributed by atoms with Crippen molar-refractivity contribution in [1.29, 1.82) is 0 Å². The van der Waals surface area contributed by atoms with Crippen molar-refractivity contribution in [1.82, 2.24) is 24.0 Å². The Labute approximate surface area is 200 Å². The number of ether oxygens (including phenoxy) is 1. The van der Waals surface area contributed by atoms with Crippen molar-refractivity contribution in [3.8, 4) is 10.7 Å². The SMILES string of the molecule is O=C(NCCn1nc(-c2cccs2)n(C2CC2)c1=O)c1ccc(S(=O)(=O)N2CCOCC2)cc1. The lowest BCUT2D eigenvalue weighted by atomic mass is 10.2. The molecule has 1 aromatic carbocycles. The van der Waals surface area contributed by atoms with Crippen molar-refractivity contribution in [3.05, 3.63) is 57.8 Å². The van der Waals surface area contributed by atoms with E-state index in [2.05, 4.69) is 10.4 Å². The van der Waals surface area contributed by atoms with Crippen LogP contribution in [0.15, 0.2) is 51.5 Å². The van der Waals surface area contributed by atoms with E-state index >= 15 is 0 Å². The van der Waals surface area contributed by atoms with Crippen LogP contribution in [0.3, 0.4) is 0 Å². The second-order valence-electron chi connectivity index (χ2n) is 8.20. The predicted molar refractivity (Wildman–Crippen MR) is 126 cm³/mol. The molecule has 1 N–H and O–H groups in total. The van der Waals surface area contributed by atoms with E-state index in [0.29, 0.717) is 37.7 Å². The molecule has 1 aliphatic carbocycles. The number of nitrogens with zero attached hydrogens (tertiary/aromatic N) is 4. The van der Waals surface area contributed by atoms with Crippen molar-refractivity contribution in [2.45, 2.75) is 30.3 Å². The van der Waals surface area contributed by atoms with Crippen molar-refractivity contribution >= 4 is 27.3 Å². The Hall–Kier alpha value is -2.80. The zero-order valence-corrected chi connectivity index (χ0v) is 20.1. The standard InChI is InChI=1S/C22H25N5O5S2/c28-21(16-3-7-18(8-4-16)34(30,31)25-11-13-32-14-12-25)23-9-10-26-22(29)27(17-5-6-17)20(24-26)19-2-1-15-33-19/h1-4,7-8,15,17H,5-6,9-14H2,(H,23,28). The van der Waals surface area contributed by atoms with Crippen LogP contribution in [0.4, 0.5) is 0 Å². The molecule has 0 spiro atoms. The van der Waals surface area contributed by atoms with E-state index in [0.717, 1.165) is 17.7 Å². The first-order valence-electron chi connectivity index (χ1n) is 11.1. The molecule has 3 aromatic rings. The molecule has 5 rings (SSSR count). The summed E-state index contributed by atoms with van der Waals surface area (Å²) in [6.45, 7) is 1.83. The first-order chi connectivity index (χ1) is 16.4. The molecule has 0 radical (unpaired) electrons. The van der Waals surface area contributed by atoms with Gasteiger partial charge in [-0.15, -0.1) is 16.4 Å². The maximum absolute atomic E-state index is 12.9. The third kappa shape index (κ3) is 4.58. The lowest BCUT2D eigenvalue weighted by Crippen LogP contribution is -2.40. The fourth-order valence-corrected chi connectivity index (χ4v) is 6.01. The zero-order chi connectivity index (χ0) is 23.7. The van der Waals surface area contributed by atoms with Gasteiger partial charge >= 0.3 is 5.69 Å². The van der Waals surface area contributed by atoms with Gasteiger partial charge in [0.1, 0.15) is 0 Å². The Balaban J connectivity index is 1.22. The summed E-state index contributed by atoms with van der Waals surface area (Å²) >= 11 is 1.54. The number of hydrogen-bond donors (Lipinski definition) is 1. The third-order valence-electron chi connectivity index (χ3n) is 5.86. The molecule has 3 heterocycles. The maximum atomic E-state index is 12.9. The monoisotopic (exact) mass is 503 g/mol. The first-order valence-corrected chi connectivity index (χ1v) is 13.5. The molecule has 180 valence electrons. The average Bonchev–Trinajstić information content (AvgIpc) is 3.43. The van der Waals surface area contributed by atoms with Crippen molar-refractivity contribution in [2.24, 2.45) is 0 Å². The van der Waals surface area contributed by atoms with E-state index in [9.17, 15) is 18.0 Å². The minimum absolute atomic E-state index is 0.143. The molecule has 0 unspecified atom stereocenters. The van der Waals surface area contributed by atoms with Crippen LogP contribution in [0.25, 0.3) is 10.7 Å². The van der Waals surface area contributed by atoms with Gasteiger partial charge in [-0.25, -0.2) is 17.9 Å². The number of amides is 1. The normalized spacial score (nSPS) is 17.1. The van der Waals surface area contributed by atoms with Crippen LogP contribution in [0.2, 0.25) is 0 Å². The molecule has 1 aliphatic heterocycles. The molecule has 34 heavy (non-hydrogen) atoms. The molecule has 1 saturated carbocycles. The molecule has 12 heteroatoms. The fraction of sp³-hybridized carbons (Fsp3) is 0.409. The van der Waals surface area contributed by atoms with E-state index in [1.54, 1.807) is 4.57 Å². The molecule has 2 aliphatic rings. The highest BCUT2D eigenvalue weighted by Gasteiger charge is 2.30. The highest BCUT2D eigenvalue weighted by atomic mass is 32.2. The second kappa shape index (κ2) is 9.45. The van der Waals surface area contributed by atoms with E-state index in [4.69, 9.17) is 4.74 Å². The lowest BCUT2D eigenvalue weighted by molar-refractivity contribution is 0.0730. The Morgan fingerprint density at radius 3 is 2.53 bits per heavy atom. The summed E-state index contributed by atoms with van der Waals surface area (Å²) in [5, 5.41) is 9.25. The number of aromatic nitrogens is 3. The van der Waals surface area contributed by atoms with Crippen molar-refractivity contribution < 1.29 is 17.9 Å². The Morgan fingerprint density at radius 1 is 1.15 bits per heavy atom. The van der Waals surface area contributed by atoms with Gasteiger partial charge in [-0.05, 0) is 48.6 Å². The van der Waals surface area contributed by atoms with Gasteiger partial charge in [0, 0.05) is 31.2 Å². The van der Waals surface area contributed by atoms with Gasteiger partial charge in [-0.2, -0.15) is 4.31 Å². The number of thiophene rings is 1. The molecule has 2 fully saturated rings. The summed E-state index contributed by atoms with van der Waals surface area (Å²) < 4.78 is 35.2. The average molecular weight is 504 g/mol. The molecular weight excluding hydrogens is 478 g/mol. The lowest BCUT2D eigenvalue weighted by Gasteiger charge is -2.26. The van der Waals surface area contributed by atoms with Crippen molar-refractivity contribution in [3.63, 3.8) is 0 Å². The van der Waals surface area contributed by atoms with Gasteiger partial charge in [0.2, 0.25) is 10.0 Å². The Bertz CT molecular complexity index is 1320. The number of carbonyl (C=O) groups excluding carboxylic acids is 1. The van der Waals surface area contributed by atoms with E-state index < -0.39 is 10.0 Å². The molecule has 0 bridgehead atoms. The molecule has 1 saturated heterocycles.